The fraction of sp³-hybridized carbons (Fsp3) is 0.333. The molecule has 0 saturated heterocycles. The molecule has 0 radical (unpaired) electrons. The number of benzene rings is 3. The van der Waals surface area contributed by atoms with E-state index in [9.17, 15) is 18.0 Å². The number of hydrogen-bond acceptors (Lipinski definition) is 4. The van der Waals surface area contributed by atoms with Gasteiger partial charge in [0.15, 0.2) is 0 Å². The number of anilines is 1. The number of amides is 2. The van der Waals surface area contributed by atoms with Gasteiger partial charge in [-0.2, -0.15) is 0 Å². The van der Waals surface area contributed by atoms with Crippen LogP contribution < -0.4 is 9.62 Å². The zero-order valence-electron chi connectivity index (χ0n) is 23.1. The van der Waals surface area contributed by atoms with Crippen molar-refractivity contribution in [3.8, 4) is 0 Å². The maximum absolute atomic E-state index is 14.1. The molecule has 3 aromatic rings. The smallest absolute Gasteiger partial charge is 0.244 e. The van der Waals surface area contributed by atoms with E-state index in [4.69, 9.17) is 23.2 Å². The van der Waals surface area contributed by atoms with Crippen LogP contribution in [0.5, 0.6) is 0 Å². The van der Waals surface area contributed by atoms with Crippen molar-refractivity contribution in [2.45, 2.75) is 39.8 Å². The van der Waals surface area contributed by atoms with Gasteiger partial charge in [0.05, 0.1) is 22.0 Å². The second-order valence-electron chi connectivity index (χ2n) is 10.2. The van der Waals surface area contributed by atoms with Crippen LogP contribution in [-0.4, -0.2) is 50.5 Å². The van der Waals surface area contributed by atoms with Gasteiger partial charge in [-0.3, -0.25) is 13.9 Å². The van der Waals surface area contributed by atoms with Crippen molar-refractivity contribution in [1.29, 1.82) is 0 Å². The van der Waals surface area contributed by atoms with Crippen LogP contribution in [0.2, 0.25) is 10.0 Å². The van der Waals surface area contributed by atoms with Crippen LogP contribution in [-0.2, 0) is 32.6 Å². The molecule has 0 aromatic heterocycles. The lowest BCUT2D eigenvalue weighted by Gasteiger charge is -2.33. The van der Waals surface area contributed by atoms with E-state index in [2.05, 4.69) is 5.32 Å². The quantitative estimate of drug-likeness (QED) is 0.297. The first-order valence-corrected chi connectivity index (χ1v) is 15.5. The predicted molar refractivity (Wildman–Crippen MR) is 162 cm³/mol. The number of sulfonamides is 1. The summed E-state index contributed by atoms with van der Waals surface area (Å²) in [4.78, 5) is 29.1. The van der Waals surface area contributed by atoms with E-state index in [1.165, 1.54) is 23.1 Å². The molecule has 1 atom stereocenters. The monoisotopic (exact) mass is 603 g/mol. The minimum absolute atomic E-state index is 0.116. The molecule has 214 valence electrons. The summed E-state index contributed by atoms with van der Waals surface area (Å²) in [6, 6.07) is 20.6. The molecule has 7 nitrogen and oxygen atoms in total. The molecule has 0 saturated carbocycles. The predicted octanol–water partition coefficient (Wildman–Crippen LogP) is 5.48. The lowest BCUT2D eigenvalue weighted by Crippen LogP contribution is -2.53. The summed E-state index contributed by atoms with van der Waals surface area (Å²) < 4.78 is 26.7. The minimum atomic E-state index is -3.90. The average Bonchev–Trinajstić information content (AvgIpc) is 2.90. The first-order valence-electron chi connectivity index (χ1n) is 12.9. The Hall–Kier alpha value is -3.07. The van der Waals surface area contributed by atoms with Crippen LogP contribution in [0.15, 0.2) is 72.8 Å². The van der Waals surface area contributed by atoms with Crippen LogP contribution in [0.4, 0.5) is 5.69 Å². The van der Waals surface area contributed by atoms with Crippen molar-refractivity contribution in [1.82, 2.24) is 10.2 Å². The summed E-state index contributed by atoms with van der Waals surface area (Å²) in [6.45, 7) is 5.98. The SMILES string of the molecule is Cc1ccc(CN(C(=O)CN(c2ccc(Cl)c(Cl)c2)S(C)(=O)=O)[C@@H](Cc2ccccc2)C(=O)NCC(C)C)cc1. The summed E-state index contributed by atoms with van der Waals surface area (Å²) in [5.74, 6) is -0.630. The fourth-order valence-electron chi connectivity index (χ4n) is 4.12. The Morgan fingerprint density at radius 3 is 2.12 bits per heavy atom. The number of halogens is 2. The van der Waals surface area contributed by atoms with E-state index < -0.39 is 28.5 Å². The van der Waals surface area contributed by atoms with Gasteiger partial charge in [-0.1, -0.05) is 97.2 Å². The number of hydrogen-bond donors (Lipinski definition) is 1. The molecule has 0 heterocycles. The van der Waals surface area contributed by atoms with E-state index in [0.29, 0.717) is 6.54 Å². The number of rotatable bonds is 12. The largest absolute Gasteiger partial charge is 0.354 e. The van der Waals surface area contributed by atoms with Crippen molar-refractivity contribution in [2.24, 2.45) is 5.92 Å². The first kappa shape index (κ1) is 31.5. The summed E-state index contributed by atoms with van der Waals surface area (Å²) >= 11 is 12.2. The van der Waals surface area contributed by atoms with Crippen molar-refractivity contribution >= 4 is 50.7 Å². The number of aryl methyl sites for hydroxylation is 1. The topological polar surface area (TPSA) is 86.8 Å². The molecule has 0 spiro atoms. The Morgan fingerprint density at radius 1 is 0.900 bits per heavy atom. The van der Waals surface area contributed by atoms with Crippen LogP contribution in [0.3, 0.4) is 0 Å². The molecule has 2 amide bonds. The van der Waals surface area contributed by atoms with Crippen LogP contribution in [0.25, 0.3) is 0 Å². The first-order chi connectivity index (χ1) is 18.8. The summed E-state index contributed by atoms with van der Waals surface area (Å²) in [5, 5.41) is 3.38. The van der Waals surface area contributed by atoms with Crippen LogP contribution >= 0.6 is 23.2 Å². The van der Waals surface area contributed by atoms with Crippen molar-refractivity contribution in [3.63, 3.8) is 0 Å². The highest BCUT2D eigenvalue weighted by Crippen LogP contribution is 2.29. The van der Waals surface area contributed by atoms with Gasteiger partial charge in [-0.15, -0.1) is 0 Å². The van der Waals surface area contributed by atoms with Gasteiger partial charge in [0.2, 0.25) is 21.8 Å². The van der Waals surface area contributed by atoms with Crippen LogP contribution in [0, 0.1) is 12.8 Å². The van der Waals surface area contributed by atoms with Gasteiger partial charge in [-0.05, 0) is 42.2 Å². The molecule has 0 bridgehead atoms. The highest BCUT2D eigenvalue weighted by Gasteiger charge is 2.33. The summed E-state index contributed by atoms with van der Waals surface area (Å²) in [6.07, 6.45) is 1.28. The van der Waals surface area contributed by atoms with Crippen molar-refractivity contribution in [2.75, 3.05) is 23.7 Å². The van der Waals surface area contributed by atoms with Gasteiger partial charge in [0, 0.05) is 19.5 Å². The molecule has 10 heteroatoms. The molecule has 0 aliphatic carbocycles. The maximum atomic E-state index is 14.1. The fourth-order valence-corrected chi connectivity index (χ4v) is 5.25. The van der Waals surface area contributed by atoms with E-state index >= 15 is 0 Å². The Bertz CT molecular complexity index is 1410. The highest BCUT2D eigenvalue weighted by atomic mass is 35.5. The molecule has 0 aliphatic heterocycles. The molecule has 3 rings (SSSR count). The van der Waals surface area contributed by atoms with Crippen molar-refractivity contribution < 1.29 is 18.0 Å². The average molecular weight is 605 g/mol. The highest BCUT2D eigenvalue weighted by molar-refractivity contribution is 7.92. The molecule has 3 aromatic carbocycles. The standard InChI is InChI=1S/C30H35Cl2N3O4S/c1-21(2)18-33-30(37)28(16-23-8-6-5-7-9-23)34(19-24-12-10-22(3)11-13-24)29(36)20-35(40(4,38)39)25-14-15-26(31)27(32)17-25/h5-15,17,21,28H,16,18-20H2,1-4H3,(H,33,37)/t28-/m0/s1. The third-order valence-corrected chi connectivity index (χ3v) is 8.18. The molecule has 0 fully saturated rings. The molecule has 1 N–H and O–H groups in total. The number of nitrogens with zero attached hydrogens (tertiary/aromatic N) is 2. The van der Waals surface area contributed by atoms with Crippen molar-refractivity contribution in [3.05, 3.63) is 99.5 Å². The second kappa shape index (κ2) is 14.0. The molecule has 0 unspecified atom stereocenters. The van der Waals surface area contributed by atoms with Gasteiger partial charge >= 0.3 is 0 Å². The number of carbonyl (C=O) groups is 2. The third kappa shape index (κ3) is 8.98. The Kier molecular flexibility index (Phi) is 11.0. The maximum Gasteiger partial charge on any atom is 0.244 e. The van der Waals surface area contributed by atoms with Gasteiger partial charge in [0.1, 0.15) is 12.6 Å². The minimum Gasteiger partial charge on any atom is -0.354 e. The Balaban J connectivity index is 2.05. The van der Waals surface area contributed by atoms with E-state index in [1.807, 2.05) is 75.4 Å². The normalized spacial score (nSPS) is 12.2. The number of nitrogens with one attached hydrogen (secondary N) is 1. The lowest BCUT2D eigenvalue weighted by atomic mass is 10.0. The van der Waals surface area contributed by atoms with Crippen LogP contribution in [0.1, 0.15) is 30.5 Å². The second-order valence-corrected chi connectivity index (χ2v) is 12.9. The van der Waals surface area contributed by atoms with Gasteiger partial charge in [0.25, 0.3) is 0 Å². The van der Waals surface area contributed by atoms with E-state index in [1.54, 1.807) is 0 Å². The van der Waals surface area contributed by atoms with Gasteiger partial charge in [-0.25, -0.2) is 8.42 Å². The molecular formula is C30H35Cl2N3O4S. The zero-order chi connectivity index (χ0) is 29.4. The zero-order valence-corrected chi connectivity index (χ0v) is 25.4. The summed E-state index contributed by atoms with van der Waals surface area (Å²) in [5.41, 5.74) is 2.94. The third-order valence-electron chi connectivity index (χ3n) is 6.30. The number of carbonyl (C=O) groups excluding carboxylic acids is 2. The molecule has 0 aliphatic rings. The summed E-state index contributed by atoms with van der Waals surface area (Å²) in [7, 11) is -3.90. The van der Waals surface area contributed by atoms with E-state index in [-0.39, 0.29) is 40.5 Å². The van der Waals surface area contributed by atoms with E-state index in [0.717, 1.165) is 27.3 Å². The molecule has 40 heavy (non-hydrogen) atoms. The van der Waals surface area contributed by atoms with Gasteiger partial charge < -0.3 is 10.2 Å². The lowest BCUT2D eigenvalue weighted by molar-refractivity contribution is -0.140. The Labute approximate surface area is 247 Å². The molecular weight excluding hydrogens is 569 g/mol. The Morgan fingerprint density at radius 2 is 1.55 bits per heavy atom.